The highest BCUT2D eigenvalue weighted by Crippen LogP contribution is 2.17. The Kier molecular flexibility index (Phi) is 1.55. The molecule has 42 valence electrons. The second kappa shape index (κ2) is 2.01. The van der Waals surface area contributed by atoms with Gasteiger partial charge in [-0.2, -0.15) is 0 Å². The molecule has 0 aromatic carbocycles. The van der Waals surface area contributed by atoms with Crippen molar-refractivity contribution in [1.29, 1.82) is 0 Å². The lowest BCUT2D eigenvalue weighted by atomic mass is 10.3. The molecule has 0 radical (unpaired) electrons. The van der Waals surface area contributed by atoms with Crippen LogP contribution in [0.3, 0.4) is 0 Å². The van der Waals surface area contributed by atoms with E-state index in [1.54, 1.807) is 0 Å². The first-order valence-electron chi connectivity index (χ1n) is 2.56. The SMILES string of the molecule is CC1OCCC1Cl. The predicted octanol–water partition coefficient (Wildman–Crippen LogP) is 1.40. The van der Waals surface area contributed by atoms with Gasteiger partial charge in [0, 0.05) is 6.61 Å². The highest BCUT2D eigenvalue weighted by atomic mass is 35.5. The van der Waals surface area contributed by atoms with Crippen LogP contribution in [0, 0.1) is 0 Å². The molecule has 1 fully saturated rings. The first-order valence-corrected chi connectivity index (χ1v) is 3.00. The molecule has 1 aliphatic rings. The molecule has 7 heavy (non-hydrogen) atoms. The standard InChI is InChI=1S/C5H9ClO/c1-4-5(6)2-3-7-4/h4-5H,2-3H2,1H3. The van der Waals surface area contributed by atoms with Crippen LogP contribution >= 0.6 is 11.6 Å². The van der Waals surface area contributed by atoms with Gasteiger partial charge in [-0.15, -0.1) is 11.6 Å². The van der Waals surface area contributed by atoms with E-state index < -0.39 is 0 Å². The van der Waals surface area contributed by atoms with Crippen LogP contribution in [0.25, 0.3) is 0 Å². The largest absolute Gasteiger partial charge is 0.377 e. The monoisotopic (exact) mass is 120 g/mol. The molecule has 1 nitrogen and oxygen atoms in total. The minimum atomic E-state index is 0.264. The molecule has 2 unspecified atom stereocenters. The maximum absolute atomic E-state index is 5.74. The van der Waals surface area contributed by atoms with Gasteiger partial charge in [-0.25, -0.2) is 0 Å². The van der Waals surface area contributed by atoms with Gasteiger partial charge in [0.1, 0.15) is 0 Å². The third-order valence-electron chi connectivity index (χ3n) is 1.28. The Morgan fingerprint density at radius 3 is 2.57 bits per heavy atom. The summed E-state index contributed by atoms with van der Waals surface area (Å²) in [7, 11) is 0. The van der Waals surface area contributed by atoms with E-state index in [0.29, 0.717) is 0 Å². The molecule has 1 saturated heterocycles. The summed E-state index contributed by atoms with van der Waals surface area (Å²) < 4.78 is 5.13. The van der Waals surface area contributed by atoms with Gasteiger partial charge in [-0.3, -0.25) is 0 Å². The lowest BCUT2D eigenvalue weighted by Gasteiger charge is -2.02. The first-order chi connectivity index (χ1) is 3.30. The number of rotatable bonds is 0. The van der Waals surface area contributed by atoms with Gasteiger partial charge in [0.2, 0.25) is 0 Å². The smallest absolute Gasteiger partial charge is 0.0711 e. The summed E-state index contributed by atoms with van der Waals surface area (Å²) >= 11 is 5.74. The number of alkyl halides is 1. The predicted molar refractivity (Wildman–Crippen MR) is 29.7 cm³/mol. The van der Waals surface area contributed by atoms with E-state index in [2.05, 4.69) is 0 Å². The Morgan fingerprint density at radius 1 is 1.71 bits per heavy atom. The van der Waals surface area contributed by atoms with Crippen LogP contribution in [-0.4, -0.2) is 18.1 Å². The summed E-state index contributed by atoms with van der Waals surface area (Å²) in [6, 6.07) is 0. The summed E-state index contributed by atoms with van der Waals surface area (Å²) in [4.78, 5) is 0. The minimum Gasteiger partial charge on any atom is -0.377 e. The summed E-state index contributed by atoms with van der Waals surface area (Å²) in [5.74, 6) is 0. The molecule has 1 aliphatic heterocycles. The van der Waals surface area contributed by atoms with Gasteiger partial charge in [0.05, 0.1) is 11.5 Å². The number of hydrogen-bond acceptors (Lipinski definition) is 1. The van der Waals surface area contributed by atoms with Crippen molar-refractivity contribution in [3.8, 4) is 0 Å². The van der Waals surface area contributed by atoms with Crippen molar-refractivity contribution in [2.75, 3.05) is 6.61 Å². The molecular weight excluding hydrogens is 112 g/mol. The molecule has 0 aromatic heterocycles. The molecule has 0 bridgehead atoms. The van der Waals surface area contributed by atoms with Gasteiger partial charge < -0.3 is 4.74 Å². The molecular formula is C5H9ClO. The highest BCUT2D eigenvalue weighted by Gasteiger charge is 2.20. The van der Waals surface area contributed by atoms with Crippen LogP contribution in [0.5, 0.6) is 0 Å². The van der Waals surface area contributed by atoms with Crippen molar-refractivity contribution in [1.82, 2.24) is 0 Å². The second-order valence-corrected chi connectivity index (χ2v) is 2.44. The third kappa shape index (κ3) is 1.07. The molecule has 0 aliphatic carbocycles. The zero-order chi connectivity index (χ0) is 5.28. The van der Waals surface area contributed by atoms with E-state index in [0.717, 1.165) is 13.0 Å². The molecule has 0 aromatic rings. The van der Waals surface area contributed by atoms with Crippen molar-refractivity contribution >= 4 is 11.6 Å². The third-order valence-corrected chi connectivity index (χ3v) is 1.86. The fourth-order valence-corrected chi connectivity index (χ4v) is 0.867. The van der Waals surface area contributed by atoms with Crippen LogP contribution in [0.4, 0.5) is 0 Å². The van der Waals surface area contributed by atoms with Gasteiger partial charge in [-0.1, -0.05) is 0 Å². The van der Waals surface area contributed by atoms with Crippen LogP contribution < -0.4 is 0 Å². The van der Waals surface area contributed by atoms with Gasteiger partial charge in [0.25, 0.3) is 0 Å². The Bertz CT molecular complexity index is 57.1. The van der Waals surface area contributed by atoms with E-state index in [1.807, 2.05) is 6.92 Å². The highest BCUT2D eigenvalue weighted by molar-refractivity contribution is 6.21. The van der Waals surface area contributed by atoms with Crippen molar-refractivity contribution < 1.29 is 4.74 Å². The first kappa shape index (κ1) is 5.39. The van der Waals surface area contributed by atoms with Crippen molar-refractivity contribution in [2.24, 2.45) is 0 Å². The van der Waals surface area contributed by atoms with Gasteiger partial charge in [-0.05, 0) is 13.3 Å². The van der Waals surface area contributed by atoms with Gasteiger partial charge >= 0.3 is 0 Å². The maximum Gasteiger partial charge on any atom is 0.0711 e. The molecule has 2 heteroatoms. The fraction of sp³-hybridized carbons (Fsp3) is 1.00. The lowest BCUT2D eigenvalue weighted by Crippen LogP contribution is -2.09. The summed E-state index contributed by atoms with van der Waals surface area (Å²) in [5, 5.41) is 0.264. The van der Waals surface area contributed by atoms with E-state index in [1.165, 1.54) is 0 Å². The van der Waals surface area contributed by atoms with E-state index in [-0.39, 0.29) is 11.5 Å². The van der Waals surface area contributed by atoms with E-state index in [9.17, 15) is 0 Å². The number of ether oxygens (including phenoxy) is 1. The van der Waals surface area contributed by atoms with E-state index in [4.69, 9.17) is 16.3 Å². The Morgan fingerprint density at radius 2 is 2.43 bits per heavy atom. The molecule has 2 atom stereocenters. The summed E-state index contributed by atoms with van der Waals surface area (Å²) in [6.07, 6.45) is 1.30. The van der Waals surface area contributed by atoms with E-state index >= 15 is 0 Å². The van der Waals surface area contributed by atoms with Crippen LogP contribution in [0.2, 0.25) is 0 Å². The van der Waals surface area contributed by atoms with Gasteiger partial charge in [0.15, 0.2) is 0 Å². The Hall–Kier alpha value is 0.250. The second-order valence-electron chi connectivity index (χ2n) is 1.88. The molecule has 1 heterocycles. The topological polar surface area (TPSA) is 9.23 Å². The molecule has 0 amide bonds. The Balaban J connectivity index is 2.33. The Labute approximate surface area is 48.6 Å². The molecule has 1 rings (SSSR count). The maximum atomic E-state index is 5.74. The average Bonchev–Trinajstić information content (AvgIpc) is 1.91. The van der Waals surface area contributed by atoms with Crippen molar-refractivity contribution in [2.45, 2.75) is 24.8 Å². The number of halogens is 1. The molecule has 0 saturated carbocycles. The average molecular weight is 121 g/mol. The summed E-state index contributed by atoms with van der Waals surface area (Å²) in [6.45, 7) is 2.85. The minimum absolute atomic E-state index is 0.264. The normalized spacial score (nSPS) is 42.0. The van der Waals surface area contributed by atoms with Crippen molar-refractivity contribution in [3.63, 3.8) is 0 Å². The lowest BCUT2D eigenvalue weighted by molar-refractivity contribution is 0.126. The van der Waals surface area contributed by atoms with Crippen molar-refractivity contribution in [3.05, 3.63) is 0 Å². The summed E-state index contributed by atoms with van der Waals surface area (Å²) in [5.41, 5.74) is 0. The quantitative estimate of drug-likeness (QED) is 0.439. The zero-order valence-corrected chi connectivity index (χ0v) is 5.11. The van der Waals surface area contributed by atoms with Crippen LogP contribution in [0.15, 0.2) is 0 Å². The molecule has 0 N–H and O–H groups in total. The van der Waals surface area contributed by atoms with Crippen LogP contribution in [-0.2, 0) is 4.74 Å². The fourth-order valence-electron chi connectivity index (χ4n) is 0.706. The molecule has 0 spiro atoms. The number of hydrogen-bond donors (Lipinski definition) is 0. The zero-order valence-electron chi connectivity index (χ0n) is 4.36. The van der Waals surface area contributed by atoms with Crippen LogP contribution in [0.1, 0.15) is 13.3 Å².